The number of hydrogen-bond acceptors (Lipinski definition) is 3. The third-order valence-electron chi connectivity index (χ3n) is 5.31. The lowest BCUT2D eigenvalue weighted by Gasteiger charge is -2.35. The lowest BCUT2D eigenvalue weighted by atomic mass is 10.1. The van der Waals surface area contributed by atoms with Gasteiger partial charge in [0.05, 0.1) is 17.2 Å². The number of benzene rings is 2. The molecule has 6 heteroatoms. The number of aromatic nitrogens is 2. The van der Waals surface area contributed by atoms with Crippen molar-refractivity contribution >= 4 is 21.8 Å². The number of carbonyl (C=O) groups excluding carboxylic acids is 1. The van der Waals surface area contributed by atoms with Crippen LogP contribution in [0.4, 0.5) is 0 Å². The van der Waals surface area contributed by atoms with Crippen LogP contribution in [0, 0.1) is 6.92 Å². The molecule has 29 heavy (non-hydrogen) atoms. The minimum atomic E-state index is 0.114. The Morgan fingerprint density at radius 1 is 1.00 bits per heavy atom. The van der Waals surface area contributed by atoms with E-state index in [1.54, 1.807) is 6.20 Å². The highest BCUT2D eigenvalue weighted by Crippen LogP contribution is 2.15. The number of carbonyl (C=O) groups is 1. The van der Waals surface area contributed by atoms with Crippen LogP contribution in [0.15, 0.2) is 65.4 Å². The van der Waals surface area contributed by atoms with E-state index in [9.17, 15) is 4.79 Å². The zero-order valence-corrected chi connectivity index (χ0v) is 18.2. The Labute approximate surface area is 180 Å². The molecule has 2 aromatic carbocycles. The van der Waals surface area contributed by atoms with Crippen molar-refractivity contribution in [3.8, 4) is 0 Å². The van der Waals surface area contributed by atoms with Crippen molar-refractivity contribution in [3.05, 3.63) is 87.7 Å². The van der Waals surface area contributed by atoms with Crippen molar-refractivity contribution in [1.29, 1.82) is 0 Å². The standard InChI is InChI=1S/C23H25BrN4O/c1-18-5-7-19(8-6-18)15-26-9-11-27(12-10-26)23(29)21-4-2-3-20(13-21)16-28-17-22(24)14-25-28/h2-8,13-14,17H,9-12,15-16H2,1H3. The summed E-state index contributed by atoms with van der Waals surface area (Å²) >= 11 is 3.42. The Morgan fingerprint density at radius 2 is 1.76 bits per heavy atom. The Kier molecular flexibility index (Phi) is 6.11. The van der Waals surface area contributed by atoms with Crippen molar-refractivity contribution in [2.75, 3.05) is 26.2 Å². The highest BCUT2D eigenvalue weighted by atomic mass is 79.9. The molecule has 0 saturated carbocycles. The molecule has 1 aliphatic rings. The zero-order chi connectivity index (χ0) is 20.2. The molecule has 0 atom stereocenters. The van der Waals surface area contributed by atoms with Gasteiger partial charge in [-0.3, -0.25) is 14.4 Å². The van der Waals surface area contributed by atoms with Gasteiger partial charge in [-0.05, 0) is 46.1 Å². The molecule has 1 aliphatic heterocycles. The van der Waals surface area contributed by atoms with Gasteiger partial charge in [-0.25, -0.2) is 0 Å². The van der Waals surface area contributed by atoms with E-state index in [2.05, 4.69) is 57.1 Å². The maximum Gasteiger partial charge on any atom is 0.253 e. The van der Waals surface area contributed by atoms with Gasteiger partial charge in [0.2, 0.25) is 0 Å². The predicted octanol–water partition coefficient (Wildman–Crippen LogP) is 3.96. The summed E-state index contributed by atoms with van der Waals surface area (Å²) in [6, 6.07) is 16.6. The first-order chi connectivity index (χ1) is 14.1. The van der Waals surface area contributed by atoms with Gasteiger partial charge in [-0.1, -0.05) is 42.0 Å². The van der Waals surface area contributed by atoms with Crippen molar-refractivity contribution in [2.45, 2.75) is 20.0 Å². The number of rotatable bonds is 5. The number of nitrogens with zero attached hydrogens (tertiary/aromatic N) is 4. The normalized spacial score (nSPS) is 14.9. The largest absolute Gasteiger partial charge is 0.336 e. The number of piperazine rings is 1. The number of amides is 1. The molecule has 0 N–H and O–H groups in total. The molecule has 5 nitrogen and oxygen atoms in total. The van der Waals surface area contributed by atoms with Gasteiger partial charge in [-0.2, -0.15) is 5.10 Å². The van der Waals surface area contributed by atoms with Crippen LogP contribution in [0.2, 0.25) is 0 Å². The Balaban J connectivity index is 1.34. The van der Waals surface area contributed by atoms with E-state index in [0.717, 1.165) is 48.3 Å². The second-order valence-corrected chi connectivity index (χ2v) is 8.53. The molecule has 150 valence electrons. The Morgan fingerprint density at radius 3 is 2.45 bits per heavy atom. The molecule has 4 rings (SSSR count). The lowest BCUT2D eigenvalue weighted by molar-refractivity contribution is 0.0628. The maximum atomic E-state index is 13.0. The fourth-order valence-corrected chi connectivity index (χ4v) is 3.99. The molecule has 2 heterocycles. The number of aryl methyl sites for hydroxylation is 1. The smallest absolute Gasteiger partial charge is 0.253 e. The summed E-state index contributed by atoms with van der Waals surface area (Å²) in [7, 11) is 0. The second kappa shape index (κ2) is 8.93. The highest BCUT2D eigenvalue weighted by Gasteiger charge is 2.22. The Bertz CT molecular complexity index is 975. The van der Waals surface area contributed by atoms with Crippen LogP contribution in [0.5, 0.6) is 0 Å². The van der Waals surface area contributed by atoms with Crippen LogP contribution in [-0.2, 0) is 13.1 Å². The van der Waals surface area contributed by atoms with Gasteiger partial charge in [0.1, 0.15) is 0 Å². The predicted molar refractivity (Wildman–Crippen MR) is 118 cm³/mol. The van der Waals surface area contributed by atoms with Crippen LogP contribution in [0.1, 0.15) is 27.0 Å². The summed E-state index contributed by atoms with van der Waals surface area (Å²) < 4.78 is 2.81. The van der Waals surface area contributed by atoms with E-state index in [4.69, 9.17) is 0 Å². The molecule has 1 fully saturated rings. The first kappa shape index (κ1) is 19.9. The van der Waals surface area contributed by atoms with Gasteiger partial charge in [0, 0.05) is 44.5 Å². The molecular weight excluding hydrogens is 428 g/mol. The molecule has 1 amide bonds. The van der Waals surface area contributed by atoms with Crippen molar-refractivity contribution < 1.29 is 4.79 Å². The first-order valence-corrected chi connectivity index (χ1v) is 10.7. The lowest BCUT2D eigenvalue weighted by Crippen LogP contribution is -2.48. The summed E-state index contributed by atoms with van der Waals surface area (Å²) in [4.78, 5) is 17.4. The molecule has 0 radical (unpaired) electrons. The molecular formula is C23H25BrN4O. The molecule has 3 aromatic rings. The molecule has 0 bridgehead atoms. The highest BCUT2D eigenvalue weighted by molar-refractivity contribution is 9.10. The monoisotopic (exact) mass is 452 g/mol. The van der Waals surface area contributed by atoms with Crippen molar-refractivity contribution in [3.63, 3.8) is 0 Å². The summed E-state index contributed by atoms with van der Waals surface area (Å²) in [5.41, 5.74) is 4.44. The van der Waals surface area contributed by atoms with E-state index in [1.165, 1.54) is 11.1 Å². The maximum absolute atomic E-state index is 13.0. The molecule has 0 unspecified atom stereocenters. The quantitative estimate of drug-likeness (QED) is 0.588. The Hall–Kier alpha value is -2.44. The van der Waals surface area contributed by atoms with E-state index < -0.39 is 0 Å². The first-order valence-electron chi connectivity index (χ1n) is 9.91. The summed E-state index contributed by atoms with van der Waals surface area (Å²) in [6.07, 6.45) is 3.70. The fourth-order valence-electron chi connectivity index (χ4n) is 3.66. The third-order valence-corrected chi connectivity index (χ3v) is 5.72. The average Bonchev–Trinajstić information content (AvgIpc) is 3.14. The summed E-state index contributed by atoms with van der Waals surface area (Å²) in [5, 5.41) is 4.29. The van der Waals surface area contributed by atoms with Gasteiger partial charge >= 0.3 is 0 Å². The molecule has 0 aliphatic carbocycles. The van der Waals surface area contributed by atoms with Gasteiger partial charge in [-0.15, -0.1) is 0 Å². The minimum absolute atomic E-state index is 0.114. The summed E-state index contributed by atoms with van der Waals surface area (Å²) in [6.45, 7) is 7.04. The SMILES string of the molecule is Cc1ccc(CN2CCN(C(=O)c3cccc(Cn4cc(Br)cn4)c3)CC2)cc1. The molecule has 0 spiro atoms. The molecule has 1 saturated heterocycles. The van der Waals surface area contributed by atoms with Gasteiger partial charge < -0.3 is 4.90 Å². The van der Waals surface area contributed by atoms with Crippen LogP contribution in [0.3, 0.4) is 0 Å². The van der Waals surface area contributed by atoms with Gasteiger partial charge in [0.25, 0.3) is 5.91 Å². The number of halogens is 1. The summed E-state index contributed by atoms with van der Waals surface area (Å²) in [5.74, 6) is 0.114. The van der Waals surface area contributed by atoms with Gasteiger partial charge in [0.15, 0.2) is 0 Å². The average molecular weight is 453 g/mol. The third kappa shape index (κ3) is 5.14. The van der Waals surface area contributed by atoms with E-state index in [0.29, 0.717) is 6.54 Å². The van der Waals surface area contributed by atoms with Crippen LogP contribution < -0.4 is 0 Å². The second-order valence-electron chi connectivity index (χ2n) is 7.61. The fraction of sp³-hybridized carbons (Fsp3) is 0.304. The van der Waals surface area contributed by atoms with E-state index in [-0.39, 0.29) is 5.91 Å². The topological polar surface area (TPSA) is 41.4 Å². The zero-order valence-electron chi connectivity index (χ0n) is 16.6. The van der Waals surface area contributed by atoms with Crippen LogP contribution in [-0.4, -0.2) is 51.7 Å². The number of hydrogen-bond donors (Lipinski definition) is 0. The minimum Gasteiger partial charge on any atom is -0.336 e. The van der Waals surface area contributed by atoms with Crippen LogP contribution >= 0.6 is 15.9 Å². The van der Waals surface area contributed by atoms with E-state index >= 15 is 0 Å². The van der Waals surface area contributed by atoms with Crippen molar-refractivity contribution in [2.24, 2.45) is 0 Å². The van der Waals surface area contributed by atoms with Crippen molar-refractivity contribution in [1.82, 2.24) is 19.6 Å². The molecule has 1 aromatic heterocycles. The van der Waals surface area contributed by atoms with Crippen LogP contribution in [0.25, 0.3) is 0 Å². The van der Waals surface area contributed by atoms with E-state index in [1.807, 2.05) is 40.0 Å².